The number of aliphatic hydroxyl groups excluding tert-OH is 1. The lowest BCUT2D eigenvalue weighted by atomic mass is 10.0. The normalized spacial score (nSPS) is 12.6. The van der Waals surface area contributed by atoms with Crippen molar-refractivity contribution in [3.63, 3.8) is 0 Å². The van der Waals surface area contributed by atoms with E-state index in [0.29, 0.717) is 12.0 Å². The van der Waals surface area contributed by atoms with Crippen LogP contribution in [0.5, 0.6) is 0 Å². The SMILES string of the molecule is CCCCCCCCCCC(O)c1ccccc1F. The van der Waals surface area contributed by atoms with Crippen molar-refractivity contribution in [3.8, 4) is 0 Å². The predicted molar refractivity (Wildman–Crippen MR) is 78.6 cm³/mol. The summed E-state index contributed by atoms with van der Waals surface area (Å²) in [7, 11) is 0. The van der Waals surface area contributed by atoms with Crippen LogP contribution in [0.2, 0.25) is 0 Å². The third kappa shape index (κ3) is 6.72. The maximum atomic E-state index is 13.4. The van der Waals surface area contributed by atoms with Gasteiger partial charge >= 0.3 is 0 Å². The third-order valence-corrected chi connectivity index (χ3v) is 3.60. The van der Waals surface area contributed by atoms with Crippen LogP contribution >= 0.6 is 0 Å². The summed E-state index contributed by atoms with van der Waals surface area (Å²) in [6.45, 7) is 2.23. The fourth-order valence-corrected chi connectivity index (χ4v) is 2.37. The van der Waals surface area contributed by atoms with Gasteiger partial charge in [-0.3, -0.25) is 0 Å². The molecule has 1 N–H and O–H groups in total. The molecule has 0 heterocycles. The third-order valence-electron chi connectivity index (χ3n) is 3.60. The van der Waals surface area contributed by atoms with Crippen LogP contribution in [0.25, 0.3) is 0 Å². The number of halogens is 1. The van der Waals surface area contributed by atoms with E-state index in [1.165, 1.54) is 44.6 Å². The number of hydrogen-bond acceptors (Lipinski definition) is 1. The molecule has 1 unspecified atom stereocenters. The number of hydrogen-bond donors (Lipinski definition) is 1. The van der Waals surface area contributed by atoms with Crippen molar-refractivity contribution in [2.75, 3.05) is 0 Å². The Bertz CT molecular complexity index is 338. The summed E-state index contributed by atoms with van der Waals surface area (Å²) in [4.78, 5) is 0. The van der Waals surface area contributed by atoms with Gasteiger partial charge in [-0.1, -0.05) is 76.5 Å². The zero-order chi connectivity index (χ0) is 13.9. The van der Waals surface area contributed by atoms with Gasteiger partial charge in [0.1, 0.15) is 5.82 Å². The summed E-state index contributed by atoms with van der Waals surface area (Å²) < 4.78 is 13.4. The lowest BCUT2D eigenvalue weighted by molar-refractivity contribution is 0.159. The first-order valence-electron chi connectivity index (χ1n) is 7.68. The molecular formula is C17H27FO. The molecular weight excluding hydrogens is 239 g/mol. The molecule has 1 rings (SSSR count). The topological polar surface area (TPSA) is 20.2 Å². The highest BCUT2D eigenvalue weighted by Gasteiger charge is 2.11. The Kier molecular flexibility index (Phi) is 8.48. The molecule has 0 fully saturated rings. The van der Waals surface area contributed by atoms with Gasteiger partial charge in [-0.15, -0.1) is 0 Å². The van der Waals surface area contributed by atoms with Gasteiger partial charge in [0.15, 0.2) is 0 Å². The molecule has 0 aromatic heterocycles. The molecule has 1 aromatic carbocycles. The summed E-state index contributed by atoms with van der Waals surface area (Å²) in [5.74, 6) is -0.297. The average Bonchev–Trinajstić information content (AvgIpc) is 2.42. The molecule has 19 heavy (non-hydrogen) atoms. The van der Waals surface area contributed by atoms with Crippen molar-refractivity contribution >= 4 is 0 Å². The number of unbranched alkanes of at least 4 members (excludes halogenated alkanes) is 7. The number of benzene rings is 1. The molecule has 2 heteroatoms. The average molecular weight is 266 g/mol. The van der Waals surface area contributed by atoms with Gasteiger partial charge in [-0.2, -0.15) is 0 Å². The Morgan fingerprint density at radius 1 is 0.947 bits per heavy atom. The highest BCUT2D eigenvalue weighted by atomic mass is 19.1. The van der Waals surface area contributed by atoms with Crippen molar-refractivity contribution in [2.45, 2.75) is 70.8 Å². The zero-order valence-corrected chi connectivity index (χ0v) is 12.1. The number of rotatable bonds is 10. The van der Waals surface area contributed by atoms with E-state index in [1.54, 1.807) is 18.2 Å². The minimum absolute atomic E-state index is 0.297. The molecule has 0 saturated heterocycles. The van der Waals surface area contributed by atoms with Crippen LogP contribution in [-0.4, -0.2) is 5.11 Å². The Morgan fingerprint density at radius 3 is 2.16 bits per heavy atom. The standard InChI is InChI=1S/C17H27FO/c1-2-3-4-5-6-7-8-9-14-17(19)15-12-10-11-13-16(15)18/h10-13,17,19H,2-9,14H2,1H3. The highest BCUT2D eigenvalue weighted by molar-refractivity contribution is 5.19. The maximum absolute atomic E-state index is 13.4. The van der Waals surface area contributed by atoms with Gasteiger partial charge in [0.25, 0.3) is 0 Å². The molecule has 0 saturated carbocycles. The molecule has 108 valence electrons. The summed E-state index contributed by atoms with van der Waals surface area (Å²) in [6.07, 6.45) is 9.93. The smallest absolute Gasteiger partial charge is 0.128 e. The Hall–Kier alpha value is -0.890. The minimum Gasteiger partial charge on any atom is -0.388 e. The van der Waals surface area contributed by atoms with E-state index in [9.17, 15) is 9.50 Å². The quantitative estimate of drug-likeness (QED) is 0.563. The van der Waals surface area contributed by atoms with Crippen molar-refractivity contribution in [2.24, 2.45) is 0 Å². The zero-order valence-electron chi connectivity index (χ0n) is 12.1. The van der Waals surface area contributed by atoms with E-state index in [1.807, 2.05) is 0 Å². The molecule has 0 radical (unpaired) electrons. The van der Waals surface area contributed by atoms with E-state index in [-0.39, 0.29) is 5.82 Å². The van der Waals surface area contributed by atoms with E-state index >= 15 is 0 Å². The fourth-order valence-electron chi connectivity index (χ4n) is 2.37. The summed E-state index contributed by atoms with van der Waals surface area (Å²) in [5.41, 5.74) is 0.436. The van der Waals surface area contributed by atoms with Crippen LogP contribution in [0, 0.1) is 5.82 Å². The lowest BCUT2D eigenvalue weighted by Gasteiger charge is -2.11. The second-order valence-electron chi connectivity index (χ2n) is 5.30. The van der Waals surface area contributed by atoms with Crippen LogP contribution in [0.15, 0.2) is 24.3 Å². The molecule has 0 spiro atoms. The van der Waals surface area contributed by atoms with Gasteiger partial charge in [0.2, 0.25) is 0 Å². The molecule has 1 aromatic rings. The Balaban J connectivity index is 2.08. The minimum atomic E-state index is -0.652. The summed E-state index contributed by atoms with van der Waals surface area (Å²) in [5, 5.41) is 9.93. The van der Waals surface area contributed by atoms with Crippen molar-refractivity contribution in [1.82, 2.24) is 0 Å². The van der Waals surface area contributed by atoms with E-state index < -0.39 is 6.10 Å². The van der Waals surface area contributed by atoms with Crippen LogP contribution in [-0.2, 0) is 0 Å². The van der Waals surface area contributed by atoms with Gasteiger partial charge < -0.3 is 5.11 Å². The van der Waals surface area contributed by atoms with E-state index in [2.05, 4.69) is 6.92 Å². The fraction of sp³-hybridized carbons (Fsp3) is 0.647. The van der Waals surface area contributed by atoms with E-state index in [4.69, 9.17) is 0 Å². The van der Waals surface area contributed by atoms with Crippen molar-refractivity contribution in [1.29, 1.82) is 0 Å². The lowest BCUT2D eigenvalue weighted by Crippen LogP contribution is -2.00. The summed E-state index contributed by atoms with van der Waals surface area (Å²) in [6, 6.07) is 6.51. The predicted octanol–water partition coefficient (Wildman–Crippen LogP) is 5.39. The largest absolute Gasteiger partial charge is 0.388 e. The molecule has 0 amide bonds. The van der Waals surface area contributed by atoms with Crippen molar-refractivity contribution in [3.05, 3.63) is 35.6 Å². The van der Waals surface area contributed by atoms with E-state index in [0.717, 1.165) is 12.8 Å². The number of aliphatic hydroxyl groups is 1. The Morgan fingerprint density at radius 2 is 1.53 bits per heavy atom. The second kappa shape index (κ2) is 9.96. The molecule has 0 aliphatic carbocycles. The molecule has 0 aliphatic rings. The van der Waals surface area contributed by atoms with Gasteiger partial charge in [0, 0.05) is 5.56 Å². The van der Waals surface area contributed by atoms with Gasteiger partial charge in [-0.25, -0.2) is 4.39 Å². The van der Waals surface area contributed by atoms with Gasteiger partial charge in [-0.05, 0) is 12.5 Å². The maximum Gasteiger partial charge on any atom is 0.128 e. The first-order valence-corrected chi connectivity index (χ1v) is 7.68. The summed E-state index contributed by atoms with van der Waals surface area (Å²) >= 11 is 0. The molecule has 0 aliphatic heterocycles. The monoisotopic (exact) mass is 266 g/mol. The Labute approximate surface area is 116 Å². The first-order chi connectivity index (χ1) is 9.25. The van der Waals surface area contributed by atoms with Crippen LogP contribution in [0.3, 0.4) is 0 Å². The van der Waals surface area contributed by atoms with Gasteiger partial charge in [0.05, 0.1) is 6.10 Å². The second-order valence-corrected chi connectivity index (χ2v) is 5.30. The highest BCUT2D eigenvalue weighted by Crippen LogP contribution is 2.22. The molecule has 1 atom stereocenters. The molecule has 1 nitrogen and oxygen atoms in total. The van der Waals surface area contributed by atoms with Crippen LogP contribution < -0.4 is 0 Å². The molecule has 0 bridgehead atoms. The van der Waals surface area contributed by atoms with Crippen molar-refractivity contribution < 1.29 is 9.50 Å². The van der Waals surface area contributed by atoms with Crippen LogP contribution in [0.1, 0.15) is 76.4 Å². The van der Waals surface area contributed by atoms with Crippen LogP contribution in [0.4, 0.5) is 4.39 Å². The first kappa shape index (κ1) is 16.2.